The van der Waals surface area contributed by atoms with Crippen molar-refractivity contribution in [3.63, 3.8) is 0 Å². The molecule has 4 nitrogen and oxygen atoms in total. The Labute approximate surface area is 148 Å². The zero-order valence-corrected chi connectivity index (χ0v) is 14.7. The van der Waals surface area contributed by atoms with Crippen molar-refractivity contribution in [2.24, 2.45) is 0 Å². The van der Waals surface area contributed by atoms with E-state index in [2.05, 4.69) is 54.4 Å². The minimum atomic E-state index is -0.559. The number of nitrogens with zero attached hydrogens (tertiary/aromatic N) is 1. The number of ether oxygens (including phenoxy) is 1. The van der Waals surface area contributed by atoms with E-state index in [4.69, 9.17) is 4.74 Å². The number of carbonyl (C=O) groups excluding carboxylic acids is 1. The quantitative estimate of drug-likeness (QED) is 0.936. The topological polar surface area (TPSA) is 41.6 Å². The normalized spacial score (nSPS) is 23.5. The van der Waals surface area contributed by atoms with Crippen molar-refractivity contribution in [3.8, 4) is 5.75 Å². The van der Waals surface area contributed by atoms with Gasteiger partial charge in [-0.3, -0.25) is 4.79 Å². The van der Waals surface area contributed by atoms with E-state index in [9.17, 15) is 4.79 Å². The highest BCUT2D eigenvalue weighted by Crippen LogP contribution is 2.52. The molecule has 2 aliphatic rings. The second kappa shape index (κ2) is 5.38. The number of hydrogen-bond donors (Lipinski definition) is 1. The van der Waals surface area contributed by atoms with Crippen LogP contribution in [-0.2, 0) is 10.2 Å². The van der Waals surface area contributed by atoms with Gasteiger partial charge in [-0.15, -0.1) is 0 Å². The minimum absolute atomic E-state index is 0.0536. The highest BCUT2D eigenvalue weighted by atomic mass is 16.5. The molecule has 0 bridgehead atoms. The molecule has 1 atom stereocenters. The minimum Gasteiger partial charge on any atom is -0.497 e. The Morgan fingerprint density at radius 1 is 1.16 bits per heavy atom. The van der Waals surface area contributed by atoms with Gasteiger partial charge in [0.05, 0.1) is 13.7 Å². The first-order valence-electron chi connectivity index (χ1n) is 8.49. The molecule has 4 rings (SSSR count). The van der Waals surface area contributed by atoms with E-state index in [1.54, 1.807) is 7.11 Å². The monoisotopic (exact) mass is 334 g/mol. The number of hydrogen-bond acceptors (Lipinski definition) is 3. The Bertz CT molecular complexity index is 872. The van der Waals surface area contributed by atoms with E-state index in [0.717, 1.165) is 17.0 Å². The molecule has 1 saturated heterocycles. The lowest BCUT2D eigenvalue weighted by Gasteiger charge is -2.40. The maximum Gasteiger partial charge on any atom is 0.241 e. The highest BCUT2D eigenvalue weighted by molar-refractivity contribution is 5.91. The van der Waals surface area contributed by atoms with Crippen LogP contribution in [0.4, 0.5) is 5.69 Å². The Morgan fingerprint density at radius 2 is 1.96 bits per heavy atom. The standard InChI is InChI=1S/C21H22N2O2/c1-20(2)17-9-4-5-10-18(17)23-14-19(24)22-21(20,23)12-11-15-7-6-8-16(13-15)25-3/h4-13H,14H2,1-3H3,(H,22,24). The number of fused-ring (bicyclic) bond motifs is 3. The van der Waals surface area contributed by atoms with E-state index in [1.165, 1.54) is 5.56 Å². The molecule has 2 heterocycles. The Hall–Kier alpha value is -2.75. The number of benzene rings is 2. The van der Waals surface area contributed by atoms with Crippen molar-refractivity contribution in [2.75, 3.05) is 18.6 Å². The summed E-state index contributed by atoms with van der Waals surface area (Å²) in [6.45, 7) is 4.75. The van der Waals surface area contributed by atoms with Crippen LogP contribution in [0.25, 0.3) is 6.08 Å². The predicted molar refractivity (Wildman–Crippen MR) is 99.7 cm³/mol. The molecular weight excluding hydrogens is 312 g/mol. The van der Waals surface area contributed by atoms with Gasteiger partial charge in [0.25, 0.3) is 0 Å². The third kappa shape index (κ3) is 2.17. The van der Waals surface area contributed by atoms with Crippen LogP contribution in [0.2, 0.25) is 0 Å². The molecule has 1 fully saturated rings. The van der Waals surface area contributed by atoms with Crippen molar-refractivity contribution < 1.29 is 9.53 Å². The molecule has 0 aromatic heterocycles. The average Bonchev–Trinajstić information content (AvgIpc) is 3.05. The Balaban J connectivity index is 1.81. The van der Waals surface area contributed by atoms with Crippen molar-refractivity contribution in [1.29, 1.82) is 0 Å². The van der Waals surface area contributed by atoms with Crippen LogP contribution in [0.15, 0.2) is 54.6 Å². The molecule has 1 unspecified atom stereocenters. The summed E-state index contributed by atoms with van der Waals surface area (Å²) in [5, 5.41) is 3.23. The number of carbonyl (C=O) groups is 1. The van der Waals surface area contributed by atoms with E-state index in [1.807, 2.05) is 30.3 Å². The summed E-state index contributed by atoms with van der Waals surface area (Å²) < 4.78 is 5.31. The lowest BCUT2D eigenvalue weighted by molar-refractivity contribution is -0.118. The van der Waals surface area contributed by atoms with Gasteiger partial charge in [0.2, 0.25) is 5.91 Å². The summed E-state index contributed by atoms with van der Waals surface area (Å²) in [6.07, 6.45) is 4.18. The Morgan fingerprint density at radius 3 is 2.76 bits per heavy atom. The molecule has 0 spiro atoms. The second-order valence-electron chi connectivity index (χ2n) is 7.15. The first kappa shape index (κ1) is 15.8. The van der Waals surface area contributed by atoms with E-state index < -0.39 is 5.66 Å². The third-order valence-corrected chi connectivity index (χ3v) is 5.49. The number of amides is 1. The van der Waals surface area contributed by atoms with Crippen molar-refractivity contribution in [1.82, 2.24) is 5.32 Å². The van der Waals surface area contributed by atoms with Gasteiger partial charge in [0.1, 0.15) is 11.4 Å². The fourth-order valence-corrected chi connectivity index (χ4v) is 4.10. The van der Waals surface area contributed by atoms with E-state index >= 15 is 0 Å². The van der Waals surface area contributed by atoms with Gasteiger partial charge in [0, 0.05) is 11.1 Å². The SMILES string of the molecule is COc1cccc(C=CC23NC(=O)CN2c2ccccc2C3(C)C)c1. The lowest BCUT2D eigenvalue weighted by atomic mass is 9.75. The van der Waals surface area contributed by atoms with Gasteiger partial charge < -0.3 is 15.0 Å². The predicted octanol–water partition coefficient (Wildman–Crippen LogP) is 3.33. The molecule has 1 N–H and O–H groups in total. The first-order valence-corrected chi connectivity index (χ1v) is 8.49. The summed E-state index contributed by atoms with van der Waals surface area (Å²) in [5.41, 5.74) is 2.62. The molecule has 2 aromatic rings. The molecule has 0 radical (unpaired) electrons. The number of nitrogens with one attached hydrogen (secondary N) is 1. The number of para-hydroxylation sites is 1. The fourth-order valence-electron chi connectivity index (χ4n) is 4.10. The summed E-state index contributed by atoms with van der Waals surface area (Å²) in [5.74, 6) is 0.874. The summed E-state index contributed by atoms with van der Waals surface area (Å²) >= 11 is 0. The second-order valence-corrected chi connectivity index (χ2v) is 7.15. The summed E-state index contributed by atoms with van der Waals surface area (Å²) in [7, 11) is 1.66. The van der Waals surface area contributed by atoms with Crippen LogP contribution < -0.4 is 15.0 Å². The van der Waals surface area contributed by atoms with Gasteiger partial charge in [0.15, 0.2) is 0 Å². The maximum absolute atomic E-state index is 12.3. The van der Waals surface area contributed by atoms with Crippen molar-refractivity contribution in [2.45, 2.75) is 24.9 Å². The maximum atomic E-state index is 12.3. The van der Waals surface area contributed by atoms with Crippen LogP contribution >= 0.6 is 0 Å². The molecule has 25 heavy (non-hydrogen) atoms. The van der Waals surface area contributed by atoms with E-state index in [0.29, 0.717) is 6.54 Å². The third-order valence-electron chi connectivity index (χ3n) is 5.49. The van der Waals surface area contributed by atoms with Crippen molar-refractivity contribution in [3.05, 3.63) is 65.7 Å². The Kier molecular flexibility index (Phi) is 3.39. The van der Waals surface area contributed by atoms with Crippen LogP contribution in [0, 0.1) is 0 Å². The molecule has 128 valence electrons. The smallest absolute Gasteiger partial charge is 0.241 e. The van der Waals surface area contributed by atoms with Gasteiger partial charge in [-0.1, -0.05) is 50.3 Å². The van der Waals surface area contributed by atoms with Crippen LogP contribution in [0.1, 0.15) is 25.0 Å². The highest BCUT2D eigenvalue weighted by Gasteiger charge is 2.59. The lowest BCUT2D eigenvalue weighted by Crippen LogP contribution is -2.58. The van der Waals surface area contributed by atoms with Gasteiger partial charge >= 0.3 is 0 Å². The van der Waals surface area contributed by atoms with Gasteiger partial charge in [-0.05, 0) is 35.4 Å². The van der Waals surface area contributed by atoms with E-state index in [-0.39, 0.29) is 11.3 Å². The molecule has 0 saturated carbocycles. The average molecular weight is 334 g/mol. The first-order chi connectivity index (χ1) is 12.0. The van der Waals surface area contributed by atoms with Crippen molar-refractivity contribution >= 4 is 17.7 Å². The van der Waals surface area contributed by atoms with Crippen LogP contribution in [-0.4, -0.2) is 25.2 Å². The molecule has 2 aliphatic heterocycles. The molecule has 4 heteroatoms. The molecule has 0 aliphatic carbocycles. The van der Waals surface area contributed by atoms with Crippen LogP contribution in [0.5, 0.6) is 5.75 Å². The summed E-state index contributed by atoms with van der Waals surface area (Å²) in [6, 6.07) is 16.3. The number of methoxy groups -OCH3 is 1. The molecule has 1 amide bonds. The van der Waals surface area contributed by atoms with Gasteiger partial charge in [-0.2, -0.15) is 0 Å². The van der Waals surface area contributed by atoms with Crippen LogP contribution in [0.3, 0.4) is 0 Å². The number of anilines is 1. The van der Waals surface area contributed by atoms with Gasteiger partial charge in [-0.25, -0.2) is 0 Å². The molecule has 2 aromatic carbocycles. The largest absolute Gasteiger partial charge is 0.497 e. The number of rotatable bonds is 3. The summed E-state index contributed by atoms with van der Waals surface area (Å²) in [4.78, 5) is 14.4. The fraction of sp³-hybridized carbons (Fsp3) is 0.286. The molecular formula is C21H22N2O2. The zero-order chi connectivity index (χ0) is 17.7. The zero-order valence-electron chi connectivity index (χ0n) is 14.7.